The van der Waals surface area contributed by atoms with Crippen molar-refractivity contribution in [2.24, 2.45) is 0 Å². The predicted octanol–water partition coefficient (Wildman–Crippen LogP) is 1.22. The van der Waals surface area contributed by atoms with E-state index in [0.717, 1.165) is 0 Å². The molecule has 0 saturated carbocycles. The number of rotatable bonds is 2. The number of nitrogens with zero attached hydrogens (tertiary/aromatic N) is 4. The minimum atomic E-state index is -1.10. The van der Waals surface area contributed by atoms with Gasteiger partial charge < -0.3 is 14.6 Å². The summed E-state index contributed by atoms with van der Waals surface area (Å²) in [6.45, 7) is 0.176. The van der Waals surface area contributed by atoms with Gasteiger partial charge in [0.25, 0.3) is 5.78 Å². The largest absolute Gasteiger partial charge is 0.477 e. The van der Waals surface area contributed by atoms with E-state index in [9.17, 15) is 9.90 Å². The molecular weight excluding hydrogens is 276 g/mol. The van der Waals surface area contributed by atoms with E-state index in [4.69, 9.17) is 9.47 Å². The van der Waals surface area contributed by atoms with Crippen LogP contribution in [0.4, 0.5) is 0 Å². The van der Waals surface area contributed by atoms with Gasteiger partial charge in [0.1, 0.15) is 6.33 Å². The first-order chi connectivity index (χ1) is 10.2. The number of fused-ring (bicyclic) bond motifs is 2. The van der Waals surface area contributed by atoms with Gasteiger partial charge in [-0.1, -0.05) is 0 Å². The Morgan fingerprint density at radius 1 is 1.24 bits per heavy atom. The van der Waals surface area contributed by atoms with Crippen LogP contribution < -0.4 is 9.47 Å². The third-order valence-electron chi connectivity index (χ3n) is 3.14. The highest BCUT2D eigenvalue weighted by atomic mass is 16.7. The number of ether oxygens (including phenoxy) is 2. The van der Waals surface area contributed by atoms with E-state index >= 15 is 0 Å². The van der Waals surface area contributed by atoms with Crippen molar-refractivity contribution in [3.63, 3.8) is 0 Å². The zero-order valence-corrected chi connectivity index (χ0v) is 10.6. The average Bonchev–Trinajstić information content (AvgIpc) is 3.13. The number of aromatic nitrogens is 4. The summed E-state index contributed by atoms with van der Waals surface area (Å²) in [5.41, 5.74) is 1.18. The first-order valence-electron chi connectivity index (χ1n) is 6.06. The molecule has 0 bridgehead atoms. The second kappa shape index (κ2) is 4.17. The lowest BCUT2D eigenvalue weighted by Gasteiger charge is -2.05. The number of hydrogen-bond donors (Lipinski definition) is 1. The van der Waals surface area contributed by atoms with Gasteiger partial charge in [-0.05, 0) is 24.3 Å². The molecule has 4 rings (SSSR count). The van der Waals surface area contributed by atoms with Crippen molar-refractivity contribution >= 4 is 11.7 Å². The normalized spacial score (nSPS) is 12.8. The van der Waals surface area contributed by atoms with E-state index < -0.39 is 5.97 Å². The molecule has 8 nitrogen and oxygen atoms in total. The Hall–Kier alpha value is -3.16. The topological polar surface area (TPSA) is 98.8 Å². The van der Waals surface area contributed by atoms with Crippen molar-refractivity contribution in [3.8, 4) is 22.8 Å². The molecule has 104 valence electrons. The molecule has 0 unspecified atom stereocenters. The van der Waals surface area contributed by atoms with Crippen molar-refractivity contribution in [2.45, 2.75) is 0 Å². The molecule has 21 heavy (non-hydrogen) atoms. The van der Waals surface area contributed by atoms with Crippen LogP contribution >= 0.6 is 0 Å². The second-order valence-electron chi connectivity index (χ2n) is 4.37. The van der Waals surface area contributed by atoms with E-state index in [0.29, 0.717) is 22.8 Å². The molecule has 0 saturated heterocycles. The van der Waals surface area contributed by atoms with Gasteiger partial charge in [-0.2, -0.15) is 14.6 Å². The summed E-state index contributed by atoms with van der Waals surface area (Å²) < 4.78 is 11.7. The fourth-order valence-corrected chi connectivity index (χ4v) is 2.17. The molecular formula is C13H8N4O4. The molecule has 0 spiro atoms. The minimum Gasteiger partial charge on any atom is -0.477 e. The van der Waals surface area contributed by atoms with Crippen LogP contribution in [0, 0.1) is 0 Å². The van der Waals surface area contributed by atoms with Crippen molar-refractivity contribution < 1.29 is 19.4 Å². The first-order valence-corrected chi connectivity index (χ1v) is 6.06. The predicted molar refractivity (Wildman–Crippen MR) is 69.3 cm³/mol. The van der Waals surface area contributed by atoms with Gasteiger partial charge in [0.15, 0.2) is 17.2 Å². The SMILES string of the molecule is O=C(O)c1cc(-c2ccc3c(c2)OCO3)nc2ncnn12. The molecule has 0 amide bonds. The zero-order valence-electron chi connectivity index (χ0n) is 10.6. The van der Waals surface area contributed by atoms with E-state index in [-0.39, 0.29) is 18.3 Å². The third-order valence-corrected chi connectivity index (χ3v) is 3.14. The highest BCUT2D eigenvalue weighted by Crippen LogP contribution is 2.35. The van der Waals surface area contributed by atoms with Gasteiger partial charge in [0.2, 0.25) is 6.79 Å². The number of benzene rings is 1. The number of carbonyl (C=O) groups is 1. The number of hydrogen-bond acceptors (Lipinski definition) is 6. The second-order valence-corrected chi connectivity index (χ2v) is 4.37. The van der Waals surface area contributed by atoms with Gasteiger partial charge in [-0.3, -0.25) is 0 Å². The van der Waals surface area contributed by atoms with Crippen molar-refractivity contribution in [1.82, 2.24) is 19.6 Å². The summed E-state index contributed by atoms with van der Waals surface area (Å²) in [5, 5.41) is 13.1. The molecule has 1 N–H and O–H groups in total. The lowest BCUT2D eigenvalue weighted by Crippen LogP contribution is -2.08. The summed E-state index contributed by atoms with van der Waals surface area (Å²) in [6, 6.07) is 6.74. The van der Waals surface area contributed by atoms with Gasteiger partial charge in [-0.25, -0.2) is 9.78 Å². The summed E-state index contributed by atoms with van der Waals surface area (Å²) in [5.74, 6) is 0.380. The Morgan fingerprint density at radius 3 is 2.95 bits per heavy atom. The standard InChI is InChI=1S/C13H8N4O4/c18-12(19)9-4-8(16-13-14-5-15-17(9)13)7-1-2-10-11(3-7)21-6-20-10/h1-5H,6H2,(H,18,19). The fraction of sp³-hybridized carbons (Fsp3) is 0.0769. The van der Waals surface area contributed by atoms with Crippen LogP contribution in [0.5, 0.6) is 11.5 Å². The van der Waals surface area contributed by atoms with E-state index in [1.807, 2.05) is 0 Å². The quantitative estimate of drug-likeness (QED) is 0.755. The van der Waals surface area contributed by atoms with E-state index in [1.54, 1.807) is 18.2 Å². The highest BCUT2D eigenvalue weighted by Gasteiger charge is 2.17. The van der Waals surface area contributed by atoms with Crippen LogP contribution in [0.15, 0.2) is 30.6 Å². The zero-order chi connectivity index (χ0) is 14.4. The molecule has 3 aromatic rings. The Kier molecular flexibility index (Phi) is 2.31. The van der Waals surface area contributed by atoms with Gasteiger partial charge >= 0.3 is 5.97 Å². The number of carboxylic acids is 1. The minimum absolute atomic E-state index is 0.00910. The molecule has 0 aliphatic carbocycles. The molecule has 8 heteroatoms. The number of aromatic carboxylic acids is 1. The molecule has 3 heterocycles. The Labute approximate surface area is 117 Å². The molecule has 1 aliphatic heterocycles. The van der Waals surface area contributed by atoms with Crippen LogP contribution in [0.1, 0.15) is 10.5 Å². The van der Waals surface area contributed by atoms with Crippen molar-refractivity contribution in [2.75, 3.05) is 6.79 Å². The van der Waals surface area contributed by atoms with Crippen LogP contribution in [-0.2, 0) is 0 Å². The lowest BCUT2D eigenvalue weighted by atomic mass is 10.1. The maximum atomic E-state index is 11.3. The Balaban J connectivity index is 1.92. The molecule has 0 radical (unpaired) electrons. The Bertz CT molecular complexity index is 874. The fourth-order valence-electron chi connectivity index (χ4n) is 2.17. The molecule has 1 aliphatic rings. The monoisotopic (exact) mass is 284 g/mol. The van der Waals surface area contributed by atoms with E-state index in [2.05, 4.69) is 15.1 Å². The van der Waals surface area contributed by atoms with Crippen LogP contribution in [0.3, 0.4) is 0 Å². The van der Waals surface area contributed by atoms with E-state index in [1.165, 1.54) is 16.9 Å². The summed E-state index contributed by atoms with van der Waals surface area (Å²) in [6.07, 6.45) is 1.26. The summed E-state index contributed by atoms with van der Waals surface area (Å²) in [4.78, 5) is 19.6. The molecule has 2 aromatic heterocycles. The molecule has 0 fully saturated rings. The summed E-state index contributed by atoms with van der Waals surface area (Å²) >= 11 is 0. The van der Waals surface area contributed by atoms with Crippen LogP contribution in [-0.4, -0.2) is 37.5 Å². The van der Waals surface area contributed by atoms with Gasteiger partial charge in [-0.15, -0.1) is 0 Å². The first kappa shape index (κ1) is 11.6. The highest BCUT2D eigenvalue weighted by molar-refractivity contribution is 5.87. The average molecular weight is 284 g/mol. The smallest absolute Gasteiger partial charge is 0.354 e. The maximum absolute atomic E-state index is 11.3. The van der Waals surface area contributed by atoms with Crippen LogP contribution in [0.25, 0.3) is 17.0 Å². The Morgan fingerprint density at radius 2 is 2.10 bits per heavy atom. The molecule has 0 atom stereocenters. The summed E-state index contributed by atoms with van der Waals surface area (Å²) in [7, 11) is 0. The van der Waals surface area contributed by atoms with Gasteiger partial charge in [0.05, 0.1) is 5.69 Å². The number of carboxylic acid groups (broad SMARTS) is 1. The molecule has 1 aromatic carbocycles. The lowest BCUT2D eigenvalue weighted by molar-refractivity contribution is 0.0687. The van der Waals surface area contributed by atoms with Gasteiger partial charge in [0, 0.05) is 5.56 Å². The van der Waals surface area contributed by atoms with Crippen LogP contribution in [0.2, 0.25) is 0 Å². The van der Waals surface area contributed by atoms with Crippen molar-refractivity contribution in [3.05, 3.63) is 36.3 Å². The maximum Gasteiger partial charge on any atom is 0.354 e. The third kappa shape index (κ3) is 1.76. The van der Waals surface area contributed by atoms with Crippen molar-refractivity contribution in [1.29, 1.82) is 0 Å².